The van der Waals surface area contributed by atoms with Crippen LogP contribution in [0.2, 0.25) is 0 Å². The van der Waals surface area contributed by atoms with Crippen LogP contribution in [-0.2, 0) is 4.74 Å². The van der Waals surface area contributed by atoms with Crippen LogP contribution in [-0.4, -0.2) is 31.3 Å². The summed E-state index contributed by atoms with van der Waals surface area (Å²) in [7, 11) is 0. The third kappa shape index (κ3) is 2.24. The van der Waals surface area contributed by atoms with Gasteiger partial charge in [-0.25, -0.2) is 0 Å². The van der Waals surface area contributed by atoms with Crippen molar-refractivity contribution in [3.63, 3.8) is 0 Å². The maximum Gasteiger partial charge on any atom is 0.0649 e. The van der Waals surface area contributed by atoms with E-state index in [-0.39, 0.29) is 30.4 Å². The number of hydrogen-bond donors (Lipinski definition) is 2. The molecule has 2 saturated heterocycles. The maximum absolute atomic E-state index is 5.77. The monoisotopic (exact) mass is 214 g/mol. The van der Waals surface area contributed by atoms with Gasteiger partial charge in [-0.15, -0.1) is 24.8 Å². The quantitative estimate of drug-likeness (QED) is 0.611. The normalized spacial score (nSPS) is 39.2. The molecule has 0 aliphatic carbocycles. The van der Waals surface area contributed by atoms with Crippen molar-refractivity contribution in [1.29, 1.82) is 0 Å². The summed E-state index contributed by atoms with van der Waals surface area (Å²) in [5, 5.41) is 3.43. The molecule has 0 aromatic rings. The number of ether oxygens (including phenoxy) is 1. The number of rotatable bonds is 0. The summed E-state index contributed by atoms with van der Waals surface area (Å²) in [6.07, 6.45) is 2.23. The van der Waals surface area contributed by atoms with Crippen LogP contribution >= 0.6 is 24.8 Å². The van der Waals surface area contributed by atoms with Crippen molar-refractivity contribution in [3.8, 4) is 0 Å². The number of nitrogens with one attached hydrogen (secondary N) is 1. The van der Waals surface area contributed by atoms with Crippen LogP contribution in [0.3, 0.4) is 0 Å². The molecule has 3 nitrogen and oxygen atoms in total. The zero-order valence-corrected chi connectivity index (χ0v) is 8.55. The van der Waals surface area contributed by atoms with Gasteiger partial charge in [-0.1, -0.05) is 0 Å². The predicted octanol–water partition coefficient (Wildman–Crippen LogP) is 0.310. The van der Waals surface area contributed by atoms with Crippen molar-refractivity contribution >= 4 is 24.8 Å². The molecule has 3 N–H and O–H groups in total. The Balaban J connectivity index is 0.000000605. The Morgan fingerprint density at radius 3 is 2.58 bits per heavy atom. The summed E-state index contributed by atoms with van der Waals surface area (Å²) >= 11 is 0. The summed E-state index contributed by atoms with van der Waals surface area (Å²) in [5.74, 6) is 0. The Hall–Kier alpha value is 0.460. The molecule has 2 fully saturated rings. The lowest BCUT2D eigenvalue weighted by Crippen LogP contribution is -2.39. The first-order chi connectivity index (χ1) is 4.81. The molecule has 0 radical (unpaired) electrons. The Kier molecular flexibility index (Phi) is 4.81. The van der Waals surface area contributed by atoms with E-state index in [1.54, 1.807) is 0 Å². The van der Waals surface area contributed by atoms with Crippen LogP contribution < -0.4 is 11.1 Å². The van der Waals surface area contributed by atoms with E-state index in [1.807, 2.05) is 0 Å². The van der Waals surface area contributed by atoms with Crippen LogP contribution in [0.5, 0.6) is 0 Å². The van der Waals surface area contributed by atoms with Crippen LogP contribution in [0.25, 0.3) is 0 Å². The maximum atomic E-state index is 5.77. The largest absolute Gasteiger partial charge is 0.379 e. The molecule has 5 heteroatoms. The molecule has 2 aliphatic heterocycles. The van der Waals surface area contributed by atoms with E-state index in [0.717, 1.165) is 32.6 Å². The van der Waals surface area contributed by atoms with Crippen molar-refractivity contribution in [1.82, 2.24) is 5.32 Å². The van der Waals surface area contributed by atoms with E-state index in [4.69, 9.17) is 10.5 Å². The van der Waals surface area contributed by atoms with Gasteiger partial charge in [-0.2, -0.15) is 0 Å². The van der Waals surface area contributed by atoms with Gasteiger partial charge < -0.3 is 15.8 Å². The molecule has 0 aromatic carbocycles. The molecule has 2 unspecified atom stereocenters. The van der Waals surface area contributed by atoms with Crippen molar-refractivity contribution in [3.05, 3.63) is 0 Å². The third-order valence-electron chi connectivity index (χ3n) is 2.50. The highest BCUT2D eigenvalue weighted by Crippen LogP contribution is 2.27. The molecule has 2 rings (SSSR count). The zero-order chi connectivity index (χ0) is 7.03. The van der Waals surface area contributed by atoms with Gasteiger partial charge in [0.2, 0.25) is 0 Å². The summed E-state index contributed by atoms with van der Waals surface area (Å²) in [6.45, 7) is 2.73. The fourth-order valence-electron chi connectivity index (χ4n) is 1.90. The Labute approximate surface area is 85.2 Å². The first-order valence-corrected chi connectivity index (χ1v) is 3.89. The molecule has 12 heavy (non-hydrogen) atoms. The van der Waals surface area contributed by atoms with Crippen molar-refractivity contribution in [2.45, 2.75) is 24.4 Å². The predicted molar refractivity (Wildman–Crippen MR) is 53.3 cm³/mol. The molecule has 0 saturated carbocycles. The fourth-order valence-corrected chi connectivity index (χ4v) is 1.90. The van der Waals surface area contributed by atoms with Gasteiger partial charge in [0, 0.05) is 24.7 Å². The fraction of sp³-hybridized carbons (Fsp3) is 1.00. The van der Waals surface area contributed by atoms with E-state index in [0.29, 0.717) is 6.04 Å². The minimum Gasteiger partial charge on any atom is -0.379 e. The zero-order valence-electron chi connectivity index (χ0n) is 6.91. The molecular weight excluding hydrogens is 199 g/mol. The number of hydrogen-bond acceptors (Lipinski definition) is 3. The van der Waals surface area contributed by atoms with Gasteiger partial charge in [0.05, 0.1) is 6.61 Å². The van der Waals surface area contributed by atoms with Crippen molar-refractivity contribution in [2.75, 3.05) is 19.8 Å². The van der Waals surface area contributed by atoms with Crippen LogP contribution in [0.4, 0.5) is 0 Å². The lowest BCUT2D eigenvalue weighted by Gasteiger charge is -2.20. The van der Waals surface area contributed by atoms with E-state index in [9.17, 15) is 0 Å². The molecule has 0 aromatic heterocycles. The second kappa shape index (κ2) is 4.63. The summed E-state index contributed by atoms with van der Waals surface area (Å²) in [5.41, 5.74) is 6.03. The van der Waals surface area contributed by atoms with Gasteiger partial charge in [0.15, 0.2) is 0 Å². The first-order valence-electron chi connectivity index (χ1n) is 3.89. The second-order valence-electron chi connectivity index (χ2n) is 3.43. The summed E-state index contributed by atoms with van der Waals surface area (Å²) in [4.78, 5) is 0. The molecule has 0 amide bonds. The minimum absolute atomic E-state index is 0. The first kappa shape index (κ1) is 12.5. The van der Waals surface area contributed by atoms with Gasteiger partial charge in [-0.05, 0) is 12.8 Å². The SMILES string of the molecule is Cl.Cl.NC1CNC2(CCOC2)C1. The topological polar surface area (TPSA) is 47.3 Å². The molecule has 1 spiro atoms. The molecule has 74 valence electrons. The standard InChI is InChI=1S/C7H14N2O.2ClH/c8-6-3-7(9-4-6)1-2-10-5-7;;/h6,9H,1-5,8H2;2*1H. The van der Waals surface area contributed by atoms with E-state index >= 15 is 0 Å². The van der Waals surface area contributed by atoms with Gasteiger partial charge >= 0.3 is 0 Å². The van der Waals surface area contributed by atoms with Gasteiger partial charge in [0.25, 0.3) is 0 Å². The average molecular weight is 215 g/mol. The van der Waals surface area contributed by atoms with E-state index in [1.165, 1.54) is 0 Å². The van der Waals surface area contributed by atoms with Crippen LogP contribution in [0.1, 0.15) is 12.8 Å². The highest BCUT2D eigenvalue weighted by molar-refractivity contribution is 5.85. The van der Waals surface area contributed by atoms with Crippen LogP contribution in [0, 0.1) is 0 Å². The second-order valence-corrected chi connectivity index (χ2v) is 3.43. The highest BCUT2D eigenvalue weighted by Gasteiger charge is 2.40. The molecule has 2 atom stereocenters. The summed E-state index contributed by atoms with van der Waals surface area (Å²) < 4.78 is 5.31. The van der Waals surface area contributed by atoms with Crippen molar-refractivity contribution in [2.24, 2.45) is 5.73 Å². The van der Waals surface area contributed by atoms with Gasteiger partial charge in [-0.3, -0.25) is 0 Å². The minimum atomic E-state index is 0. The smallest absolute Gasteiger partial charge is 0.0649 e. The van der Waals surface area contributed by atoms with Crippen molar-refractivity contribution < 1.29 is 4.74 Å². The number of halogens is 2. The molecular formula is C7H16Cl2N2O. The van der Waals surface area contributed by atoms with Gasteiger partial charge in [0.1, 0.15) is 0 Å². The van der Waals surface area contributed by atoms with E-state index < -0.39 is 0 Å². The average Bonchev–Trinajstić information content (AvgIpc) is 2.46. The third-order valence-corrected chi connectivity index (χ3v) is 2.50. The van der Waals surface area contributed by atoms with E-state index in [2.05, 4.69) is 5.32 Å². The molecule has 0 bridgehead atoms. The lowest BCUT2D eigenvalue weighted by molar-refractivity contribution is 0.172. The van der Waals surface area contributed by atoms with Crippen LogP contribution in [0.15, 0.2) is 0 Å². The molecule has 2 aliphatic rings. The lowest BCUT2D eigenvalue weighted by atomic mass is 9.96. The number of nitrogens with two attached hydrogens (primary N) is 1. The molecule has 2 heterocycles. The Bertz CT molecular complexity index is 139. The summed E-state index contributed by atoms with van der Waals surface area (Å²) in [6, 6.07) is 0.349. The highest BCUT2D eigenvalue weighted by atomic mass is 35.5. The Morgan fingerprint density at radius 2 is 2.17 bits per heavy atom. The Morgan fingerprint density at radius 1 is 1.42 bits per heavy atom.